The third kappa shape index (κ3) is 5.62. The monoisotopic (exact) mass is 302 g/mol. The molecule has 0 spiro atoms. The lowest BCUT2D eigenvalue weighted by atomic mass is 10.0. The van der Waals surface area contributed by atoms with Crippen LogP contribution in [0.4, 0.5) is 0 Å². The number of unbranched alkanes of at least 4 members (excludes halogenated alkanes) is 3. The molecule has 0 aromatic heterocycles. The summed E-state index contributed by atoms with van der Waals surface area (Å²) in [6.07, 6.45) is 4.54. The summed E-state index contributed by atoms with van der Waals surface area (Å²) < 4.78 is 5.87. The molecule has 3 heteroatoms. The van der Waals surface area contributed by atoms with E-state index in [1.807, 2.05) is 13.0 Å². The highest BCUT2D eigenvalue weighted by molar-refractivity contribution is 6.31. The van der Waals surface area contributed by atoms with Crippen molar-refractivity contribution in [3.8, 4) is 5.75 Å². The van der Waals surface area contributed by atoms with Crippen LogP contribution in [0.3, 0.4) is 0 Å². The molecule has 0 atom stereocenters. The van der Waals surface area contributed by atoms with Crippen LogP contribution in [0.1, 0.15) is 56.6 Å². The van der Waals surface area contributed by atoms with Crippen LogP contribution in [0, 0.1) is 6.92 Å². The molecular formula is C16H24Cl2O. The van der Waals surface area contributed by atoms with Gasteiger partial charge in [0.25, 0.3) is 0 Å². The second-order valence-corrected chi connectivity index (χ2v) is 6.03. The molecule has 0 fully saturated rings. The van der Waals surface area contributed by atoms with E-state index >= 15 is 0 Å². The van der Waals surface area contributed by atoms with Gasteiger partial charge >= 0.3 is 0 Å². The van der Waals surface area contributed by atoms with Gasteiger partial charge in [-0.25, -0.2) is 0 Å². The third-order valence-electron chi connectivity index (χ3n) is 3.20. The normalized spacial score (nSPS) is 11.1. The van der Waals surface area contributed by atoms with Gasteiger partial charge in [0.05, 0.1) is 6.61 Å². The quantitative estimate of drug-likeness (QED) is 0.426. The Balaban J connectivity index is 2.51. The molecule has 0 radical (unpaired) electrons. The molecule has 19 heavy (non-hydrogen) atoms. The highest BCUT2D eigenvalue weighted by Crippen LogP contribution is 2.31. The summed E-state index contributed by atoms with van der Waals surface area (Å²) in [7, 11) is 0. The van der Waals surface area contributed by atoms with Crippen LogP contribution >= 0.6 is 23.2 Å². The molecule has 0 saturated heterocycles. The second kappa shape index (κ2) is 8.71. The second-order valence-electron chi connectivity index (χ2n) is 5.25. The molecule has 1 aromatic carbocycles. The molecule has 0 aliphatic rings. The summed E-state index contributed by atoms with van der Waals surface area (Å²) in [6, 6.07) is 4.08. The lowest BCUT2D eigenvalue weighted by Gasteiger charge is -2.14. The van der Waals surface area contributed by atoms with E-state index in [9.17, 15) is 0 Å². The molecule has 0 unspecified atom stereocenters. The van der Waals surface area contributed by atoms with Crippen LogP contribution in [0.5, 0.6) is 5.75 Å². The molecule has 108 valence electrons. The van der Waals surface area contributed by atoms with Crippen molar-refractivity contribution in [1.29, 1.82) is 0 Å². The fourth-order valence-corrected chi connectivity index (χ4v) is 2.62. The van der Waals surface area contributed by atoms with Crippen LogP contribution in [0.15, 0.2) is 12.1 Å². The number of hydrogen-bond acceptors (Lipinski definition) is 1. The van der Waals surface area contributed by atoms with Gasteiger partial charge in [-0.2, -0.15) is 0 Å². The van der Waals surface area contributed by atoms with E-state index in [0.717, 1.165) is 47.2 Å². The summed E-state index contributed by atoms with van der Waals surface area (Å²) >= 11 is 11.9. The minimum absolute atomic E-state index is 0.416. The molecular weight excluding hydrogens is 279 g/mol. The van der Waals surface area contributed by atoms with Crippen LogP contribution in [-0.2, 0) is 0 Å². The summed E-state index contributed by atoms with van der Waals surface area (Å²) in [4.78, 5) is 0. The first-order valence-corrected chi connectivity index (χ1v) is 7.96. The number of hydrogen-bond donors (Lipinski definition) is 0. The Hall–Kier alpha value is -0.400. The molecule has 1 aromatic rings. The highest BCUT2D eigenvalue weighted by Gasteiger charge is 2.09. The van der Waals surface area contributed by atoms with Gasteiger partial charge < -0.3 is 4.74 Å². The van der Waals surface area contributed by atoms with E-state index in [0.29, 0.717) is 5.92 Å². The molecule has 0 N–H and O–H groups in total. The minimum atomic E-state index is 0.416. The predicted molar refractivity (Wildman–Crippen MR) is 85.0 cm³/mol. The zero-order chi connectivity index (χ0) is 14.3. The Bertz CT molecular complexity index is 389. The number of rotatable bonds is 8. The number of ether oxygens (including phenoxy) is 1. The van der Waals surface area contributed by atoms with Gasteiger partial charge in [-0.3, -0.25) is 0 Å². The summed E-state index contributed by atoms with van der Waals surface area (Å²) in [5.74, 6) is 2.14. The average molecular weight is 303 g/mol. The first-order valence-electron chi connectivity index (χ1n) is 7.05. The number of halogens is 2. The first-order chi connectivity index (χ1) is 9.06. The van der Waals surface area contributed by atoms with E-state index in [1.165, 1.54) is 12.8 Å². The van der Waals surface area contributed by atoms with Crippen LogP contribution in [0.2, 0.25) is 5.02 Å². The summed E-state index contributed by atoms with van der Waals surface area (Å²) in [5.41, 5.74) is 2.26. The van der Waals surface area contributed by atoms with Crippen molar-refractivity contribution in [3.05, 3.63) is 28.3 Å². The number of aryl methyl sites for hydroxylation is 1. The van der Waals surface area contributed by atoms with Gasteiger partial charge in [0.2, 0.25) is 0 Å². The lowest BCUT2D eigenvalue weighted by molar-refractivity contribution is 0.303. The Morgan fingerprint density at radius 1 is 1.11 bits per heavy atom. The Morgan fingerprint density at radius 3 is 2.42 bits per heavy atom. The van der Waals surface area contributed by atoms with Crippen molar-refractivity contribution in [2.75, 3.05) is 12.5 Å². The molecule has 1 nitrogen and oxygen atoms in total. The van der Waals surface area contributed by atoms with Gasteiger partial charge in [0.1, 0.15) is 5.75 Å². The molecule has 0 heterocycles. The van der Waals surface area contributed by atoms with Gasteiger partial charge in [0.15, 0.2) is 0 Å². The smallest absolute Gasteiger partial charge is 0.122 e. The maximum absolute atomic E-state index is 6.25. The molecule has 0 aliphatic carbocycles. The van der Waals surface area contributed by atoms with Crippen LogP contribution in [0.25, 0.3) is 0 Å². The van der Waals surface area contributed by atoms with E-state index < -0.39 is 0 Å². The standard InChI is InChI=1S/C16H24Cl2O/c1-12(2)14-11-16(13(3)10-15(14)18)19-9-7-5-4-6-8-17/h10-12H,4-9H2,1-3H3. The molecule has 0 aliphatic heterocycles. The molecule has 0 saturated carbocycles. The fourth-order valence-electron chi connectivity index (χ4n) is 2.00. The average Bonchev–Trinajstić information content (AvgIpc) is 2.35. The number of alkyl halides is 1. The SMILES string of the molecule is Cc1cc(Cl)c(C(C)C)cc1OCCCCCCCl. The highest BCUT2D eigenvalue weighted by atomic mass is 35.5. The van der Waals surface area contributed by atoms with E-state index in [4.69, 9.17) is 27.9 Å². The summed E-state index contributed by atoms with van der Waals surface area (Å²) in [6.45, 7) is 7.10. The Labute approximate surface area is 127 Å². The maximum Gasteiger partial charge on any atom is 0.122 e. The fraction of sp³-hybridized carbons (Fsp3) is 0.625. The van der Waals surface area contributed by atoms with Gasteiger partial charge in [-0.05, 0) is 48.9 Å². The maximum atomic E-state index is 6.25. The third-order valence-corrected chi connectivity index (χ3v) is 3.80. The van der Waals surface area contributed by atoms with E-state index in [2.05, 4.69) is 19.9 Å². The topological polar surface area (TPSA) is 9.23 Å². The van der Waals surface area contributed by atoms with Crippen molar-refractivity contribution >= 4 is 23.2 Å². The summed E-state index contributed by atoms with van der Waals surface area (Å²) in [5, 5.41) is 0.835. The molecule has 0 bridgehead atoms. The first kappa shape index (κ1) is 16.7. The minimum Gasteiger partial charge on any atom is -0.493 e. The van der Waals surface area contributed by atoms with Crippen molar-refractivity contribution in [3.63, 3.8) is 0 Å². The molecule has 1 rings (SSSR count). The Morgan fingerprint density at radius 2 is 1.79 bits per heavy atom. The Kier molecular flexibility index (Phi) is 7.63. The van der Waals surface area contributed by atoms with Gasteiger partial charge in [-0.15, -0.1) is 11.6 Å². The van der Waals surface area contributed by atoms with E-state index in [-0.39, 0.29) is 0 Å². The van der Waals surface area contributed by atoms with E-state index in [1.54, 1.807) is 0 Å². The molecule has 0 amide bonds. The lowest BCUT2D eigenvalue weighted by Crippen LogP contribution is -2.01. The van der Waals surface area contributed by atoms with Crippen molar-refractivity contribution in [1.82, 2.24) is 0 Å². The van der Waals surface area contributed by atoms with Crippen LogP contribution < -0.4 is 4.74 Å². The largest absolute Gasteiger partial charge is 0.493 e. The van der Waals surface area contributed by atoms with Gasteiger partial charge in [0, 0.05) is 10.9 Å². The van der Waals surface area contributed by atoms with Crippen LogP contribution in [-0.4, -0.2) is 12.5 Å². The van der Waals surface area contributed by atoms with Gasteiger partial charge in [-0.1, -0.05) is 38.3 Å². The zero-order valence-corrected chi connectivity index (χ0v) is 13.7. The number of benzene rings is 1. The van der Waals surface area contributed by atoms with Crippen molar-refractivity contribution < 1.29 is 4.74 Å². The predicted octanol–water partition coefficient (Wildman–Crippen LogP) is 5.95. The zero-order valence-electron chi connectivity index (χ0n) is 12.1. The van der Waals surface area contributed by atoms with Crippen molar-refractivity contribution in [2.45, 2.75) is 52.4 Å². The van der Waals surface area contributed by atoms with Crippen molar-refractivity contribution in [2.24, 2.45) is 0 Å².